The van der Waals surface area contributed by atoms with Crippen LogP contribution < -0.4 is 10.1 Å². The van der Waals surface area contributed by atoms with E-state index >= 15 is 0 Å². The van der Waals surface area contributed by atoms with Crippen molar-refractivity contribution in [1.82, 2.24) is 9.97 Å². The Hall–Kier alpha value is -3.15. The minimum Gasteiger partial charge on any atom is -0.497 e. The number of hydrogen-bond donors (Lipinski definition) is 1. The molecule has 0 bridgehead atoms. The first-order chi connectivity index (χ1) is 13.1. The van der Waals surface area contributed by atoms with Crippen molar-refractivity contribution in [3.63, 3.8) is 0 Å². The summed E-state index contributed by atoms with van der Waals surface area (Å²) < 4.78 is 10.5. The third kappa shape index (κ3) is 4.34. The number of nitrogens with one attached hydrogen (secondary N) is 1. The van der Waals surface area contributed by atoms with Crippen molar-refractivity contribution in [2.24, 2.45) is 0 Å². The third-order valence-corrected chi connectivity index (χ3v) is 4.15. The summed E-state index contributed by atoms with van der Waals surface area (Å²) in [7, 11) is 1.64. The molecular weight excluding hydrogens is 342 g/mol. The summed E-state index contributed by atoms with van der Waals surface area (Å²) in [5, 5.41) is 4.16. The number of rotatable bonds is 7. The van der Waals surface area contributed by atoms with Gasteiger partial charge in [-0.15, -0.1) is 0 Å². The molecule has 3 aromatic rings. The summed E-state index contributed by atoms with van der Waals surface area (Å²) in [6.07, 6.45) is 2.30. The van der Waals surface area contributed by atoms with Gasteiger partial charge in [-0.1, -0.05) is 19.1 Å². The van der Waals surface area contributed by atoms with Crippen molar-refractivity contribution in [3.05, 3.63) is 59.4 Å². The number of nitrogens with zero attached hydrogens (tertiary/aromatic N) is 2. The Kier molecular flexibility index (Phi) is 5.86. The second-order valence-corrected chi connectivity index (χ2v) is 6.21. The van der Waals surface area contributed by atoms with Gasteiger partial charge < -0.3 is 14.8 Å². The maximum Gasteiger partial charge on any atom is 0.341 e. The molecule has 0 aliphatic rings. The molecule has 2 aromatic heterocycles. The number of carbonyl (C=O) groups is 1. The molecule has 3 rings (SSSR count). The Morgan fingerprint density at radius 1 is 1.15 bits per heavy atom. The molecule has 0 aliphatic heterocycles. The van der Waals surface area contributed by atoms with Crippen LogP contribution in [0.4, 0.5) is 5.69 Å². The van der Waals surface area contributed by atoms with E-state index in [9.17, 15) is 4.79 Å². The minimum absolute atomic E-state index is 0.376. The summed E-state index contributed by atoms with van der Waals surface area (Å²) in [6.45, 7) is 4.79. The van der Waals surface area contributed by atoms with Crippen LogP contribution >= 0.6 is 0 Å². The lowest BCUT2D eigenvalue weighted by atomic mass is 10.1. The lowest BCUT2D eigenvalue weighted by molar-refractivity contribution is 0.0506. The molecule has 0 amide bonds. The highest BCUT2D eigenvalue weighted by atomic mass is 16.5. The Morgan fingerprint density at radius 2 is 1.93 bits per heavy atom. The van der Waals surface area contributed by atoms with E-state index in [4.69, 9.17) is 9.47 Å². The molecule has 0 saturated heterocycles. The van der Waals surface area contributed by atoms with Crippen LogP contribution in [-0.4, -0.2) is 29.7 Å². The van der Waals surface area contributed by atoms with Gasteiger partial charge in [0.1, 0.15) is 11.3 Å². The Balaban J connectivity index is 1.94. The molecule has 2 heterocycles. The van der Waals surface area contributed by atoms with Crippen LogP contribution in [0.2, 0.25) is 0 Å². The minimum atomic E-state index is -0.385. The quantitative estimate of drug-likeness (QED) is 0.635. The lowest BCUT2D eigenvalue weighted by Crippen LogP contribution is -2.12. The summed E-state index contributed by atoms with van der Waals surface area (Å²) in [5.74, 6) is 0.417. The predicted molar refractivity (Wildman–Crippen MR) is 105 cm³/mol. The van der Waals surface area contributed by atoms with Crippen LogP contribution in [0.15, 0.2) is 42.6 Å². The average molecular weight is 365 g/mol. The number of pyridine rings is 2. The van der Waals surface area contributed by atoms with Gasteiger partial charge in [0.25, 0.3) is 0 Å². The van der Waals surface area contributed by atoms with Gasteiger partial charge in [0.15, 0.2) is 5.65 Å². The number of anilines is 1. The molecule has 6 heteroatoms. The molecule has 0 atom stereocenters. The van der Waals surface area contributed by atoms with Gasteiger partial charge in [-0.2, -0.15) is 0 Å². The van der Waals surface area contributed by atoms with E-state index in [2.05, 4.69) is 15.3 Å². The second kappa shape index (κ2) is 8.49. The molecule has 0 unspecified atom stereocenters. The highest BCUT2D eigenvalue weighted by Crippen LogP contribution is 2.27. The Morgan fingerprint density at radius 3 is 2.63 bits per heavy atom. The normalized spacial score (nSPS) is 10.6. The van der Waals surface area contributed by atoms with Crippen LogP contribution in [-0.2, 0) is 11.3 Å². The molecule has 27 heavy (non-hydrogen) atoms. The number of aromatic nitrogens is 2. The highest BCUT2D eigenvalue weighted by Gasteiger charge is 2.17. The highest BCUT2D eigenvalue weighted by molar-refractivity contribution is 6.04. The molecule has 6 nitrogen and oxygen atoms in total. The summed E-state index contributed by atoms with van der Waals surface area (Å²) in [6, 6.07) is 11.6. The number of ether oxygens (including phenoxy) is 2. The number of methoxy groups -OCH3 is 1. The zero-order chi connectivity index (χ0) is 19.2. The van der Waals surface area contributed by atoms with E-state index in [1.165, 1.54) is 6.20 Å². The molecule has 0 saturated carbocycles. The van der Waals surface area contributed by atoms with Crippen molar-refractivity contribution in [2.75, 3.05) is 19.0 Å². The monoisotopic (exact) mass is 365 g/mol. The van der Waals surface area contributed by atoms with Crippen molar-refractivity contribution >= 4 is 22.7 Å². The van der Waals surface area contributed by atoms with Crippen molar-refractivity contribution in [3.8, 4) is 5.75 Å². The maximum absolute atomic E-state index is 12.5. The zero-order valence-electron chi connectivity index (χ0n) is 15.8. The van der Waals surface area contributed by atoms with E-state index in [1.807, 2.05) is 50.2 Å². The van der Waals surface area contributed by atoms with E-state index in [0.717, 1.165) is 28.8 Å². The van der Waals surface area contributed by atoms with Gasteiger partial charge in [-0.25, -0.2) is 14.8 Å². The van der Waals surface area contributed by atoms with Crippen molar-refractivity contribution in [2.45, 2.75) is 26.8 Å². The number of carbonyl (C=O) groups excluding carboxylic acids is 1. The van der Waals surface area contributed by atoms with E-state index < -0.39 is 0 Å². The fourth-order valence-corrected chi connectivity index (χ4v) is 2.72. The smallest absolute Gasteiger partial charge is 0.341 e. The van der Waals surface area contributed by atoms with Crippen LogP contribution in [0.5, 0.6) is 5.75 Å². The SMILES string of the molecule is CCCOC(=O)c1cnc2nc(C)ccc2c1NCc1ccc(OC)cc1. The lowest BCUT2D eigenvalue weighted by Gasteiger charge is -2.14. The van der Waals surface area contributed by atoms with Gasteiger partial charge in [0.05, 0.1) is 19.4 Å². The van der Waals surface area contributed by atoms with Crippen LogP contribution in [0.1, 0.15) is 35.0 Å². The van der Waals surface area contributed by atoms with E-state index in [0.29, 0.717) is 30.0 Å². The van der Waals surface area contributed by atoms with Gasteiger partial charge in [-0.3, -0.25) is 0 Å². The van der Waals surface area contributed by atoms with Gasteiger partial charge >= 0.3 is 5.97 Å². The average Bonchev–Trinajstić information content (AvgIpc) is 2.70. The largest absolute Gasteiger partial charge is 0.497 e. The van der Waals surface area contributed by atoms with E-state index in [-0.39, 0.29) is 5.97 Å². The predicted octanol–water partition coefficient (Wildman–Crippen LogP) is 4.13. The molecule has 0 aliphatic carbocycles. The summed E-state index contributed by atoms with van der Waals surface area (Å²) in [5.41, 5.74) is 3.63. The van der Waals surface area contributed by atoms with Crippen LogP contribution in [0.25, 0.3) is 11.0 Å². The van der Waals surface area contributed by atoms with Gasteiger partial charge in [0, 0.05) is 23.8 Å². The molecule has 1 aromatic carbocycles. The summed E-state index contributed by atoms with van der Waals surface area (Å²) >= 11 is 0. The molecule has 140 valence electrons. The Labute approximate surface area is 158 Å². The van der Waals surface area contributed by atoms with Crippen LogP contribution in [0.3, 0.4) is 0 Å². The summed E-state index contributed by atoms with van der Waals surface area (Å²) in [4.78, 5) is 21.3. The van der Waals surface area contributed by atoms with Crippen molar-refractivity contribution in [1.29, 1.82) is 0 Å². The molecule has 0 spiro atoms. The van der Waals surface area contributed by atoms with Crippen molar-refractivity contribution < 1.29 is 14.3 Å². The standard InChI is InChI=1S/C21H23N3O3/c1-4-11-27-21(25)18-13-23-20-17(10-5-14(2)24-20)19(18)22-12-15-6-8-16(26-3)9-7-15/h5-10,13H,4,11-12H2,1-3H3,(H,22,23,24). The number of fused-ring (bicyclic) bond motifs is 1. The first-order valence-electron chi connectivity index (χ1n) is 8.92. The molecule has 1 N–H and O–H groups in total. The number of benzene rings is 1. The number of esters is 1. The molecule has 0 radical (unpaired) electrons. The van der Waals surface area contributed by atoms with Crippen LogP contribution in [0, 0.1) is 6.92 Å². The first-order valence-corrected chi connectivity index (χ1v) is 8.92. The number of hydrogen-bond acceptors (Lipinski definition) is 6. The third-order valence-electron chi connectivity index (χ3n) is 4.15. The fraction of sp³-hybridized carbons (Fsp3) is 0.286. The molecule has 0 fully saturated rings. The van der Waals surface area contributed by atoms with Gasteiger partial charge in [-0.05, 0) is 43.2 Å². The van der Waals surface area contributed by atoms with Gasteiger partial charge in [0.2, 0.25) is 0 Å². The van der Waals surface area contributed by atoms with E-state index in [1.54, 1.807) is 7.11 Å². The first kappa shape index (κ1) is 18.6. The Bertz CT molecular complexity index is 939. The topological polar surface area (TPSA) is 73.3 Å². The fourth-order valence-electron chi connectivity index (χ4n) is 2.72. The second-order valence-electron chi connectivity index (χ2n) is 6.21. The maximum atomic E-state index is 12.5. The number of aryl methyl sites for hydroxylation is 1. The zero-order valence-corrected chi connectivity index (χ0v) is 15.8. The molecular formula is C21H23N3O3.